The van der Waals surface area contributed by atoms with Crippen molar-refractivity contribution in [1.82, 2.24) is 0 Å². The minimum Gasteiger partial charge on any atom is -0.258 e. The predicted molar refractivity (Wildman–Crippen MR) is 54.8 cm³/mol. The highest BCUT2D eigenvalue weighted by atomic mass is 35.7. The standard InChI is InChI=1S/C6H2Cl3NO2S/c7-3-1-5(10(11)12)6(13-9)2-4(3)8/h1-2H. The summed E-state index contributed by atoms with van der Waals surface area (Å²) in [4.78, 5) is 10.2. The van der Waals surface area contributed by atoms with E-state index >= 15 is 0 Å². The molecule has 1 aromatic rings. The van der Waals surface area contributed by atoms with E-state index in [4.69, 9.17) is 33.9 Å². The quantitative estimate of drug-likeness (QED) is 0.591. The van der Waals surface area contributed by atoms with Crippen molar-refractivity contribution in [3.8, 4) is 0 Å². The summed E-state index contributed by atoms with van der Waals surface area (Å²) < 4.78 is 0. The molecule has 13 heavy (non-hydrogen) atoms. The van der Waals surface area contributed by atoms with E-state index in [2.05, 4.69) is 0 Å². The minimum absolute atomic E-state index is 0.142. The third-order valence-electron chi connectivity index (χ3n) is 1.28. The van der Waals surface area contributed by atoms with E-state index < -0.39 is 4.92 Å². The molecule has 3 nitrogen and oxygen atoms in total. The Hall–Kier alpha value is -0.160. The second kappa shape index (κ2) is 4.37. The van der Waals surface area contributed by atoms with Crippen molar-refractivity contribution in [2.75, 3.05) is 0 Å². The molecule has 0 radical (unpaired) electrons. The molecule has 0 amide bonds. The number of nitro groups is 1. The van der Waals surface area contributed by atoms with Crippen molar-refractivity contribution >= 4 is 50.5 Å². The molecule has 0 atom stereocenters. The van der Waals surface area contributed by atoms with Crippen LogP contribution >= 0.6 is 44.9 Å². The summed E-state index contributed by atoms with van der Waals surface area (Å²) in [6, 6.07) is 2.54. The van der Waals surface area contributed by atoms with Crippen LogP contribution in [0.4, 0.5) is 5.69 Å². The van der Waals surface area contributed by atoms with E-state index in [0.717, 1.165) is 11.0 Å². The molecule has 0 saturated heterocycles. The SMILES string of the molecule is O=[N+]([O-])c1cc(Cl)c(Cl)cc1SCl. The van der Waals surface area contributed by atoms with Gasteiger partial charge in [0.2, 0.25) is 0 Å². The largest absolute Gasteiger partial charge is 0.285 e. The number of benzene rings is 1. The van der Waals surface area contributed by atoms with Crippen LogP contribution in [0, 0.1) is 10.1 Å². The molecule has 1 aromatic carbocycles. The minimum atomic E-state index is -0.563. The predicted octanol–water partition coefficient (Wildman–Crippen LogP) is 4.15. The summed E-state index contributed by atoms with van der Waals surface area (Å²) in [6.07, 6.45) is 0. The molecule has 1 rings (SSSR count). The van der Waals surface area contributed by atoms with E-state index in [9.17, 15) is 10.1 Å². The average molecular weight is 259 g/mol. The van der Waals surface area contributed by atoms with Gasteiger partial charge in [0, 0.05) is 6.07 Å². The molecule has 0 heterocycles. The van der Waals surface area contributed by atoms with Crippen LogP contribution < -0.4 is 0 Å². The third kappa shape index (κ3) is 2.40. The number of hydrogen-bond donors (Lipinski definition) is 0. The second-order valence-corrected chi connectivity index (χ2v) is 3.94. The maximum absolute atomic E-state index is 10.5. The van der Waals surface area contributed by atoms with Crippen LogP contribution in [0.3, 0.4) is 0 Å². The Morgan fingerprint density at radius 3 is 2.31 bits per heavy atom. The Morgan fingerprint density at radius 1 is 1.31 bits per heavy atom. The van der Waals surface area contributed by atoms with Crippen molar-refractivity contribution in [3.05, 3.63) is 32.3 Å². The van der Waals surface area contributed by atoms with Gasteiger partial charge >= 0.3 is 0 Å². The first kappa shape index (κ1) is 10.9. The van der Waals surface area contributed by atoms with E-state index in [-0.39, 0.29) is 20.6 Å². The van der Waals surface area contributed by atoms with E-state index in [1.165, 1.54) is 12.1 Å². The summed E-state index contributed by atoms with van der Waals surface area (Å²) >= 11 is 11.2. The summed E-state index contributed by atoms with van der Waals surface area (Å²) in [6.45, 7) is 0. The van der Waals surface area contributed by atoms with Gasteiger partial charge < -0.3 is 0 Å². The molecule has 0 N–H and O–H groups in total. The zero-order chi connectivity index (χ0) is 10.0. The number of nitro benzene ring substituents is 1. The number of hydrogen-bond acceptors (Lipinski definition) is 3. The topological polar surface area (TPSA) is 43.1 Å². The van der Waals surface area contributed by atoms with Gasteiger partial charge in [0.15, 0.2) is 0 Å². The first-order chi connectivity index (χ1) is 6.06. The Labute approximate surface area is 92.6 Å². The fourth-order valence-electron chi connectivity index (χ4n) is 0.723. The highest BCUT2D eigenvalue weighted by molar-refractivity contribution is 8.21. The number of halogens is 3. The maximum Gasteiger partial charge on any atom is 0.285 e. The molecule has 0 aromatic heterocycles. The van der Waals surface area contributed by atoms with Gasteiger partial charge in [-0.05, 0) is 27.7 Å². The van der Waals surface area contributed by atoms with Crippen molar-refractivity contribution in [2.45, 2.75) is 4.90 Å². The van der Waals surface area contributed by atoms with Crippen LogP contribution in [-0.2, 0) is 0 Å². The summed E-state index contributed by atoms with van der Waals surface area (Å²) in [5.41, 5.74) is -0.144. The Balaban J connectivity index is 3.33. The summed E-state index contributed by atoms with van der Waals surface area (Å²) in [5.74, 6) is 0. The van der Waals surface area contributed by atoms with Crippen molar-refractivity contribution < 1.29 is 4.92 Å². The lowest BCUT2D eigenvalue weighted by Gasteiger charge is -2.00. The molecule has 7 heteroatoms. The van der Waals surface area contributed by atoms with Crippen LogP contribution in [0.5, 0.6) is 0 Å². The van der Waals surface area contributed by atoms with Crippen molar-refractivity contribution in [2.24, 2.45) is 0 Å². The fourth-order valence-corrected chi connectivity index (χ4v) is 1.85. The van der Waals surface area contributed by atoms with Crippen LogP contribution in [0.1, 0.15) is 0 Å². The number of nitrogens with zero attached hydrogens (tertiary/aromatic N) is 1. The van der Waals surface area contributed by atoms with Crippen molar-refractivity contribution in [3.63, 3.8) is 0 Å². The van der Waals surface area contributed by atoms with Gasteiger partial charge in [-0.25, -0.2) is 0 Å². The third-order valence-corrected chi connectivity index (χ3v) is 3.00. The van der Waals surface area contributed by atoms with Crippen LogP contribution in [0.15, 0.2) is 17.0 Å². The van der Waals surface area contributed by atoms with Gasteiger partial charge in [-0.2, -0.15) is 0 Å². The van der Waals surface area contributed by atoms with Crippen LogP contribution in [0.2, 0.25) is 10.0 Å². The second-order valence-electron chi connectivity index (χ2n) is 2.07. The average Bonchev–Trinajstić information content (AvgIpc) is 2.08. The van der Waals surface area contributed by atoms with Gasteiger partial charge in [0.1, 0.15) is 4.90 Å². The Kier molecular flexibility index (Phi) is 3.67. The van der Waals surface area contributed by atoms with Gasteiger partial charge in [-0.15, -0.1) is 0 Å². The summed E-state index contributed by atoms with van der Waals surface area (Å²) in [7, 11) is 6.15. The molecule has 0 aliphatic rings. The molecular weight excluding hydrogens is 256 g/mol. The smallest absolute Gasteiger partial charge is 0.258 e. The maximum atomic E-state index is 10.5. The highest BCUT2D eigenvalue weighted by Gasteiger charge is 2.16. The first-order valence-corrected chi connectivity index (χ1v) is 5.38. The first-order valence-electron chi connectivity index (χ1n) is 2.98. The molecular formula is C6H2Cl3NO2S. The Morgan fingerprint density at radius 2 is 1.85 bits per heavy atom. The molecule has 70 valence electrons. The lowest BCUT2D eigenvalue weighted by Crippen LogP contribution is -1.90. The molecule has 0 saturated carbocycles. The van der Waals surface area contributed by atoms with Gasteiger partial charge in [0.05, 0.1) is 15.0 Å². The molecule has 0 fully saturated rings. The molecule has 0 unspecified atom stereocenters. The molecule has 0 aliphatic carbocycles. The zero-order valence-electron chi connectivity index (χ0n) is 5.96. The van der Waals surface area contributed by atoms with Crippen LogP contribution in [-0.4, -0.2) is 4.92 Å². The van der Waals surface area contributed by atoms with E-state index in [0.29, 0.717) is 0 Å². The van der Waals surface area contributed by atoms with E-state index in [1.807, 2.05) is 0 Å². The highest BCUT2D eigenvalue weighted by Crippen LogP contribution is 2.37. The summed E-state index contributed by atoms with van der Waals surface area (Å²) in [5, 5.41) is 10.9. The monoisotopic (exact) mass is 257 g/mol. The fraction of sp³-hybridized carbons (Fsp3) is 0. The van der Waals surface area contributed by atoms with Crippen LogP contribution in [0.25, 0.3) is 0 Å². The molecule has 0 aliphatic heterocycles. The Bertz CT molecular complexity index is 358. The van der Waals surface area contributed by atoms with Gasteiger partial charge in [0.25, 0.3) is 5.69 Å². The lowest BCUT2D eigenvalue weighted by atomic mass is 10.3. The van der Waals surface area contributed by atoms with Gasteiger partial charge in [-0.3, -0.25) is 10.1 Å². The molecule has 0 spiro atoms. The lowest BCUT2D eigenvalue weighted by molar-refractivity contribution is -0.387. The number of rotatable bonds is 2. The van der Waals surface area contributed by atoms with E-state index in [1.54, 1.807) is 0 Å². The van der Waals surface area contributed by atoms with Gasteiger partial charge in [-0.1, -0.05) is 23.2 Å². The molecule has 0 bridgehead atoms. The van der Waals surface area contributed by atoms with Crippen molar-refractivity contribution in [1.29, 1.82) is 0 Å². The zero-order valence-corrected chi connectivity index (χ0v) is 9.04. The normalized spacial score (nSPS) is 10.1.